The summed E-state index contributed by atoms with van der Waals surface area (Å²) >= 11 is 0. The summed E-state index contributed by atoms with van der Waals surface area (Å²) in [5.41, 5.74) is 6.33. The minimum atomic E-state index is -0.901. The molecule has 1 aromatic carbocycles. The predicted octanol–water partition coefficient (Wildman–Crippen LogP) is 5.04. The molecule has 4 rings (SSSR count). The summed E-state index contributed by atoms with van der Waals surface area (Å²) in [6.07, 6.45) is 5.76. The first-order chi connectivity index (χ1) is 15.3. The molecule has 1 aliphatic carbocycles. The fourth-order valence-electron chi connectivity index (χ4n) is 4.44. The highest BCUT2D eigenvalue weighted by Crippen LogP contribution is 2.38. The molecule has 32 heavy (non-hydrogen) atoms. The third-order valence-corrected chi connectivity index (χ3v) is 5.80. The lowest BCUT2D eigenvalue weighted by molar-refractivity contribution is 0.101. The van der Waals surface area contributed by atoms with Crippen molar-refractivity contribution in [1.29, 1.82) is 0 Å². The Morgan fingerprint density at radius 1 is 1.03 bits per heavy atom. The van der Waals surface area contributed by atoms with Crippen molar-refractivity contribution in [3.63, 3.8) is 0 Å². The fourth-order valence-corrected chi connectivity index (χ4v) is 4.44. The number of pyridine rings is 2. The number of carbonyl (C=O) groups excluding carboxylic acids is 1. The highest BCUT2D eigenvalue weighted by molar-refractivity contribution is 6.03. The molecule has 0 aliphatic heterocycles. The van der Waals surface area contributed by atoms with E-state index in [-0.39, 0.29) is 17.7 Å². The van der Waals surface area contributed by atoms with E-state index in [1.165, 1.54) is 12.3 Å². The maximum Gasteiger partial charge on any atom is 0.277 e. The number of carbonyl (C=O) groups is 1. The van der Waals surface area contributed by atoms with E-state index in [1.807, 2.05) is 6.07 Å². The maximum atomic E-state index is 14.5. The second-order valence-corrected chi connectivity index (χ2v) is 8.31. The van der Waals surface area contributed by atoms with Crippen LogP contribution in [0.25, 0.3) is 11.3 Å². The number of hydrogen-bond donors (Lipinski definition) is 2. The highest BCUT2D eigenvalue weighted by Gasteiger charge is 2.28. The van der Waals surface area contributed by atoms with Crippen molar-refractivity contribution in [2.45, 2.75) is 38.1 Å². The minimum Gasteiger partial charge on any atom is -0.328 e. The molecule has 3 aromatic rings. The number of rotatable bonds is 4. The zero-order chi connectivity index (χ0) is 22.8. The van der Waals surface area contributed by atoms with Crippen LogP contribution in [0.4, 0.5) is 18.9 Å². The van der Waals surface area contributed by atoms with E-state index in [4.69, 9.17) is 5.73 Å². The van der Waals surface area contributed by atoms with Crippen molar-refractivity contribution in [3.05, 3.63) is 77.5 Å². The topological polar surface area (TPSA) is 80.9 Å². The quantitative estimate of drug-likeness (QED) is 0.595. The van der Waals surface area contributed by atoms with Crippen molar-refractivity contribution in [2.24, 2.45) is 11.7 Å². The van der Waals surface area contributed by atoms with E-state index in [0.29, 0.717) is 11.6 Å². The van der Waals surface area contributed by atoms with Crippen LogP contribution >= 0.6 is 0 Å². The Kier molecular flexibility index (Phi) is 6.23. The Bertz CT molecular complexity index is 1120. The third kappa shape index (κ3) is 4.50. The van der Waals surface area contributed by atoms with E-state index in [2.05, 4.69) is 22.2 Å². The molecule has 1 amide bonds. The number of hydrogen-bond acceptors (Lipinski definition) is 4. The van der Waals surface area contributed by atoms with Gasteiger partial charge in [0.1, 0.15) is 11.6 Å². The standard InChI is InChI=1S/C24H23F3N4O/c1-13-9-14(11-15(28)10-13)16-7-8-29-12-21(16)31-24(32)23-19(27)5-6-20(30-23)22-17(25)3-2-4-18(22)26/h2-8,12-15H,9-11,28H2,1H3,(H,31,32)/t13-,14+,15+/m1/s1. The molecule has 0 spiro atoms. The van der Waals surface area contributed by atoms with Gasteiger partial charge < -0.3 is 11.1 Å². The van der Waals surface area contributed by atoms with Gasteiger partial charge in [0, 0.05) is 12.2 Å². The molecule has 8 heteroatoms. The van der Waals surface area contributed by atoms with Crippen molar-refractivity contribution in [1.82, 2.24) is 9.97 Å². The van der Waals surface area contributed by atoms with Gasteiger partial charge in [-0.15, -0.1) is 0 Å². The van der Waals surface area contributed by atoms with Crippen LogP contribution in [0.5, 0.6) is 0 Å². The van der Waals surface area contributed by atoms with E-state index < -0.39 is 34.6 Å². The number of nitrogens with two attached hydrogens (primary N) is 1. The lowest BCUT2D eigenvalue weighted by atomic mass is 9.76. The smallest absolute Gasteiger partial charge is 0.277 e. The number of nitrogens with one attached hydrogen (secondary N) is 1. The summed E-state index contributed by atoms with van der Waals surface area (Å²) in [6.45, 7) is 2.14. The predicted molar refractivity (Wildman–Crippen MR) is 115 cm³/mol. The van der Waals surface area contributed by atoms with Crippen LogP contribution in [0.15, 0.2) is 48.8 Å². The molecule has 3 N–H and O–H groups in total. The minimum absolute atomic E-state index is 0.0620. The summed E-state index contributed by atoms with van der Waals surface area (Å²) in [6, 6.07) is 7.34. The molecular weight excluding hydrogens is 417 g/mol. The molecule has 5 nitrogen and oxygen atoms in total. The molecule has 0 saturated heterocycles. The van der Waals surface area contributed by atoms with Crippen molar-refractivity contribution < 1.29 is 18.0 Å². The van der Waals surface area contributed by atoms with Gasteiger partial charge in [-0.2, -0.15) is 0 Å². The van der Waals surface area contributed by atoms with E-state index in [1.54, 1.807) is 6.20 Å². The van der Waals surface area contributed by atoms with Crippen LogP contribution in [0.1, 0.15) is 48.2 Å². The summed E-state index contributed by atoms with van der Waals surface area (Å²) < 4.78 is 42.7. The van der Waals surface area contributed by atoms with Crippen LogP contribution in [0, 0.1) is 23.4 Å². The van der Waals surface area contributed by atoms with Gasteiger partial charge in [0.2, 0.25) is 0 Å². The number of amides is 1. The third-order valence-electron chi connectivity index (χ3n) is 5.80. The molecule has 1 aliphatic rings. The van der Waals surface area contributed by atoms with Crippen LogP contribution in [-0.2, 0) is 0 Å². The SMILES string of the molecule is C[C@H]1C[C@H](N)C[C@@H](c2ccncc2NC(=O)c2nc(-c3c(F)cccc3F)ccc2F)C1. The van der Waals surface area contributed by atoms with Crippen molar-refractivity contribution >= 4 is 11.6 Å². The number of benzene rings is 1. The summed E-state index contributed by atoms with van der Waals surface area (Å²) in [7, 11) is 0. The molecule has 0 bridgehead atoms. The molecule has 0 radical (unpaired) electrons. The molecule has 166 valence electrons. The second kappa shape index (κ2) is 9.08. The Labute approximate surface area is 183 Å². The van der Waals surface area contributed by atoms with Crippen LogP contribution in [0.3, 0.4) is 0 Å². The average molecular weight is 440 g/mol. The van der Waals surface area contributed by atoms with Crippen LogP contribution < -0.4 is 11.1 Å². The molecule has 3 atom stereocenters. The first-order valence-electron chi connectivity index (χ1n) is 10.4. The van der Waals surface area contributed by atoms with Gasteiger partial charge in [-0.1, -0.05) is 13.0 Å². The Morgan fingerprint density at radius 2 is 1.78 bits per heavy atom. The fraction of sp³-hybridized carbons (Fsp3) is 0.292. The van der Waals surface area contributed by atoms with Crippen molar-refractivity contribution in [2.75, 3.05) is 5.32 Å². The van der Waals surface area contributed by atoms with Gasteiger partial charge >= 0.3 is 0 Å². The number of halogens is 3. The van der Waals surface area contributed by atoms with E-state index >= 15 is 0 Å². The largest absolute Gasteiger partial charge is 0.328 e. The van der Waals surface area contributed by atoms with Gasteiger partial charge in [-0.3, -0.25) is 9.78 Å². The lowest BCUT2D eigenvalue weighted by Gasteiger charge is -2.32. The average Bonchev–Trinajstić information content (AvgIpc) is 2.74. The number of nitrogens with zero attached hydrogens (tertiary/aromatic N) is 2. The lowest BCUT2D eigenvalue weighted by Crippen LogP contribution is -2.31. The first kappa shape index (κ1) is 22.0. The van der Waals surface area contributed by atoms with Gasteiger partial charge in [0.05, 0.1) is 23.1 Å². The second-order valence-electron chi connectivity index (χ2n) is 8.31. The number of aromatic nitrogens is 2. The molecule has 1 fully saturated rings. The first-order valence-corrected chi connectivity index (χ1v) is 10.4. The van der Waals surface area contributed by atoms with E-state index in [9.17, 15) is 18.0 Å². The van der Waals surface area contributed by atoms with Crippen molar-refractivity contribution in [3.8, 4) is 11.3 Å². The van der Waals surface area contributed by atoms with Gasteiger partial charge in [0.25, 0.3) is 5.91 Å². The number of anilines is 1. The molecule has 2 heterocycles. The molecule has 1 saturated carbocycles. The highest BCUT2D eigenvalue weighted by atomic mass is 19.1. The molecule has 2 aromatic heterocycles. The molecular formula is C24H23F3N4O. The summed E-state index contributed by atoms with van der Waals surface area (Å²) in [4.78, 5) is 20.9. The van der Waals surface area contributed by atoms with Crippen LogP contribution in [-0.4, -0.2) is 21.9 Å². The maximum absolute atomic E-state index is 14.5. The van der Waals surface area contributed by atoms with Crippen LogP contribution in [0.2, 0.25) is 0 Å². The Balaban J connectivity index is 1.65. The zero-order valence-corrected chi connectivity index (χ0v) is 17.5. The monoisotopic (exact) mass is 440 g/mol. The molecule has 0 unspecified atom stereocenters. The van der Waals surface area contributed by atoms with Gasteiger partial charge in [-0.05, 0) is 67.0 Å². The van der Waals surface area contributed by atoms with Gasteiger partial charge in [-0.25, -0.2) is 18.2 Å². The van der Waals surface area contributed by atoms with E-state index in [0.717, 1.165) is 49.1 Å². The summed E-state index contributed by atoms with van der Waals surface area (Å²) in [5.74, 6) is -2.87. The summed E-state index contributed by atoms with van der Waals surface area (Å²) in [5, 5.41) is 2.67. The Morgan fingerprint density at radius 3 is 2.50 bits per heavy atom. The Hall–Kier alpha value is -3.26. The normalized spacial score (nSPS) is 20.7. The van der Waals surface area contributed by atoms with Gasteiger partial charge in [0.15, 0.2) is 11.5 Å². The zero-order valence-electron chi connectivity index (χ0n) is 17.5.